The molecule has 0 fully saturated rings. The van der Waals surface area contributed by atoms with Gasteiger partial charge in [0, 0.05) is 22.6 Å². The topological polar surface area (TPSA) is 4.93 Å². The van der Waals surface area contributed by atoms with Gasteiger partial charge in [-0.25, -0.2) is 4.39 Å². The van der Waals surface area contributed by atoms with Crippen LogP contribution < -0.4 is 0 Å². The fourth-order valence-corrected chi connectivity index (χ4v) is 8.57. The third-order valence-electron chi connectivity index (χ3n) is 10.7. The summed E-state index contributed by atoms with van der Waals surface area (Å²) in [7, 11) is 0. The van der Waals surface area contributed by atoms with E-state index in [2.05, 4.69) is 121 Å². The molecular formula is C45H27F4N. The molecule has 1 nitrogen and oxygen atoms in total. The van der Waals surface area contributed by atoms with E-state index in [4.69, 9.17) is 0 Å². The predicted molar refractivity (Wildman–Crippen MR) is 191 cm³/mol. The molecule has 1 aromatic heterocycles. The number of hydrogen-bond acceptors (Lipinski definition) is 0. The number of alkyl halides is 3. The van der Waals surface area contributed by atoms with Crippen molar-refractivity contribution in [2.24, 2.45) is 0 Å². The first-order valence-electron chi connectivity index (χ1n) is 16.7. The highest BCUT2D eigenvalue weighted by atomic mass is 19.4. The van der Waals surface area contributed by atoms with Crippen LogP contribution in [0.1, 0.15) is 50.8 Å². The molecule has 1 heterocycles. The van der Waals surface area contributed by atoms with Crippen LogP contribution in [-0.2, 0) is 6.18 Å². The zero-order chi connectivity index (χ0) is 33.7. The molecule has 0 saturated carbocycles. The maximum absolute atomic E-state index is 15.8. The zero-order valence-corrected chi connectivity index (χ0v) is 26.5. The summed E-state index contributed by atoms with van der Waals surface area (Å²) < 4.78 is 58.3. The molecule has 8 aromatic rings. The lowest BCUT2D eigenvalue weighted by atomic mass is 9.87. The van der Waals surface area contributed by atoms with E-state index < -0.39 is 17.6 Å². The molecular weight excluding hydrogens is 630 g/mol. The summed E-state index contributed by atoms with van der Waals surface area (Å²) in [5, 5.41) is 1.83. The Morgan fingerprint density at radius 1 is 0.440 bits per heavy atom. The molecule has 0 aliphatic heterocycles. The highest BCUT2D eigenvalue weighted by molar-refractivity contribution is 6.10. The Morgan fingerprint density at radius 2 is 0.840 bits per heavy atom. The van der Waals surface area contributed by atoms with E-state index in [1.807, 2.05) is 12.1 Å². The third-order valence-corrected chi connectivity index (χ3v) is 10.7. The zero-order valence-electron chi connectivity index (χ0n) is 26.5. The maximum atomic E-state index is 15.8. The second-order valence-corrected chi connectivity index (χ2v) is 13.3. The SMILES string of the molecule is Fc1cc(C(F)(F)F)ccc1-n1c2ccc(C3c4ccccc4-c4ccccc43)cc2c2cc(C3c4ccccc4-c4ccccc43)ccc21. The average molecular weight is 658 g/mol. The molecule has 0 amide bonds. The van der Waals surface area contributed by atoms with Gasteiger partial charge in [0.05, 0.1) is 22.3 Å². The molecule has 0 bridgehead atoms. The first-order chi connectivity index (χ1) is 24.4. The van der Waals surface area contributed by atoms with Crippen LogP contribution >= 0.6 is 0 Å². The van der Waals surface area contributed by atoms with Crippen molar-refractivity contribution in [1.82, 2.24) is 4.57 Å². The van der Waals surface area contributed by atoms with Crippen molar-refractivity contribution in [1.29, 1.82) is 0 Å². The molecule has 10 rings (SSSR count). The summed E-state index contributed by atoms with van der Waals surface area (Å²) in [5.74, 6) is -0.918. The summed E-state index contributed by atoms with van der Waals surface area (Å²) in [5.41, 5.74) is 12.5. The molecule has 0 unspecified atom stereocenters. The standard InChI is InChI=1S/C45H27F4N/c46-39-25-28(45(47,48)49)19-22-42(39)50-40-20-17-26(43-33-13-5-1-9-29(33)30-10-2-6-14-34(30)43)23-37(40)38-24-27(18-21-41(38)50)44-35-15-7-3-11-31(35)32-12-4-8-16-36(32)44/h1-25,43-44H. The summed E-state index contributed by atoms with van der Waals surface area (Å²) >= 11 is 0. The van der Waals surface area contributed by atoms with Crippen LogP contribution in [-0.4, -0.2) is 4.57 Å². The predicted octanol–water partition coefficient (Wildman–Crippen LogP) is 12.3. The number of benzene rings is 7. The lowest BCUT2D eigenvalue weighted by Crippen LogP contribution is -2.07. The molecule has 0 N–H and O–H groups in total. The van der Waals surface area contributed by atoms with E-state index >= 15 is 4.39 Å². The minimum absolute atomic E-state index is 0.00442. The highest BCUT2D eigenvalue weighted by Crippen LogP contribution is 2.51. The molecule has 0 spiro atoms. The number of fused-ring (bicyclic) bond motifs is 9. The van der Waals surface area contributed by atoms with Gasteiger partial charge in [0.1, 0.15) is 5.82 Å². The van der Waals surface area contributed by atoms with Crippen LogP contribution in [0.5, 0.6) is 0 Å². The molecule has 2 aliphatic carbocycles. The van der Waals surface area contributed by atoms with Crippen LogP contribution in [0.25, 0.3) is 49.7 Å². The molecule has 50 heavy (non-hydrogen) atoms. The van der Waals surface area contributed by atoms with Crippen molar-refractivity contribution in [2.45, 2.75) is 18.0 Å². The molecule has 0 atom stereocenters. The Hall–Kier alpha value is -5.94. The van der Waals surface area contributed by atoms with Crippen LogP contribution in [0.2, 0.25) is 0 Å². The Morgan fingerprint density at radius 3 is 1.22 bits per heavy atom. The van der Waals surface area contributed by atoms with Crippen LogP contribution in [0.15, 0.2) is 152 Å². The van der Waals surface area contributed by atoms with Gasteiger partial charge in [0.25, 0.3) is 0 Å². The number of aromatic nitrogens is 1. The molecule has 0 saturated heterocycles. The second-order valence-electron chi connectivity index (χ2n) is 13.3. The fraction of sp³-hybridized carbons (Fsp3) is 0.0667. The van der Waals surface area contributed by atoms with Crippen molar-refractivity contribution in [3.05, 3.63) is 196 Å². The minimum atomic E-state index is -4.65. The fourth-order valence-electron chi connectivity index (χ4n) is 8.57. The van der Waals surface area contributed by atoms with Gasteiger partial charge in [0.2, 0.25) is 0 Å². The van der Waals surface area contributed by atoms with E-state index in [9.17, 15) is 13.2 Å². The summed E-state index contributed by atoms with van der Waals surface area (Å²) in [6.07, 6.45) is -4.65. The molecule has 5 heteroatoms. The van der Waals surface area contributed by atoms with Crippen LogP contribution in [0, 0.1) is 5.82 Å². The Kier molecular flexibility index (Phi) is 6.11. The quantitative estimate of drug-likeness (QED) is 0.167. The monoisotopic (exact) mass is 657 g/mol. The van der Waals surface area contributed by atoms with E-state index in [-0.39, 0.29) is 17.5 Å². The van der Waals surface area contributed by atoms with Gasteiger partial charge in [-0.2, -0.15) is 13.2 Å². The van der Waals surface area contributed by atoms with Gasteiger partial charge in [0.15, 0.2) is 0 Å². The van der Waals surface area contributed by atoms with Gasteiger partial charge in [-0.05, 0) is 98.1 Å². The van der Waals surface area contributed by atoms with Gasteiger partial charge >= 0.3 is 6.18 Å². The number of nitrogens with zero attached hydrogens (tertiary/aromatic N) is 1. The van der Waals surface area contributed by atoms with Crippen molar-refractivity contribution >= 4 is 21.8 Å². The highest BCUT2D eigenvalue weighted by Gasteiger charge is 2.34. The average Bonchev–Trinajstić information content (AvgIpc) is 3.76. The lowest BCUT2D eigenvalue weighted by molar-refractivity contribution is -0.137. The van der Waals surface area contributed by atoms with Gasteiger partial charge < -0.3 is 4.57 Å². The molecule has 240 valence electrons. The molecule has 7 aromatic carbocycles. The largest absolute Gasteiger partial charge is 0.416 e. The molecule has 0 radical (unpaired) electrons. The molecule has 2 aliphatic rings. The smallest absolute Gasteiger partial charge is 0.306 e. The van der Waals surface area contributed by atoms with Crippen LogP contribution in [0.4, 0.5) is 17.6 Å². The first kappa shape index (κ1) is 29.0. The van der Waals surface area contributed by atoms with Gasteiger partial charge in [-0.3, -0.25) is 0 Å². The second kappa shape index (κ2) is 10.5. The van der Waals surface area contributed by atoms with Crippen molar-refractivity contribution in [3.8, 4) is 27.9 Å². The number of rotatable bonds is 3. The lowest BCUT2D eigenvalue weighted by Gasteiger charge is -2.15. The van der Waals surface area contributed by atoms with E-state index in [1.54, 1.807) is 4.57 Å². The van der Waals surface area contributed by atoms with E-state index in [0.29, 0.717) is 6.07 Å². The minimum Gasteiger partial charge on any atom is -0.306 e. The Bertz CT molecular complexity index is 2440. The normalized spacial score (nSPS) is 13.8. The van der Waals surface area contributed by atoms with Crippen molar-refractivity contribution in [2.75, 3.05) is 0 Å². The van der Waals surface area contributed by atoms with Gasteiger partial charge in [-0.1, -0.05) is 109 Å². The van der Waals surface area contributed by atoms with Crippen molar-refractivity contribution in [3.63, 3.8) is 0 Å². The van der Waals surface area contributed by atoms with Crippen LogP contribution in [0.3, 0.4) is 0 Å². The Labute approximate surface area is 285 Å². The maximum Gasteiger partial charge on any atom is 0.416 e. The summed E-state index contributed by atoms with van der Waals surface area (Å²) in [6.45, 7) is 0. The van der Waals surface area contributed by atoms with E-state index in [1.165, 1.54) is 50.6 Å². The van der Waals surface area contributed by atoms with Gasteiger partial charge in [-0.15, -0.1) is 0 Å². The Balaban J connectivity index is 1.23. The summed E-state index contributed by atoms with van der Waals surface area (Å²) in [6, 6.07) is 49.2. The number of hydrogen-bond donors (Lipinski definition) is 0. The first-order valence-corrected chi connectivity index (χ1v) is 16.7. The van der Waals surface area contributed by atoms with E-state index in [0.717, 1.165) is 39.0 Å². The summed E-state index contributed by atoms with van der Waals surface area (Å²) in [4.78, 5) is 0. The number of halogens is 4. The van der Waals surface area contributed by atoms with Crippen molar-refractivity contribution < 1.29 is 17.6 Å². The third kappa shape index (κ3) is 4.13.